The summed E-state index contributed by atoms with van der Waals surface area (Å²) in [6.07, 6.45) is 1.91. The molecule has 0 aromatic carbocycles. The molecule has 1 spiro atoms. The minimum atomic E-state index is -0.184. The van der Waals surface area contributed by atoms with E-state index >= 15 is 0 Å². The Kier molecular flexibility index (Phi) is 2.18. The average Bonchev–Trinajstić information content (AvgIpc) is 2.66. The molecule has 0 aromatic rings. The van der Waals surface area contributed by atoms with Crippen molar-refractivity contribution in [1.29, 1.82) is 0 Å². The summed E-state index contributed by atoms with van der Waals surface area (Å²) in [4.78, 5) is 13.4. The third-order valence-electron chi connectivity index (χ3n) is 3.80. The highest BCUT2D eigenvalue weighted by atomic mass is 16.6. The summed E-state index contributed by atoms with van der Waals surface area (Å²) < 4.78 is 5.00. The van der Waals surface area contributed by atoms with Crippen molar-refractivity contribution in [1.82, 2.24) is 4.90 Å². The molecule has 1 aliphatic heterocycles. The monoisotopic (exact) mass is 198 g/mol. The second kappa shape index (κ2) is 3.12. The van der Waals surface area contributed by atoms with Crippen molar-refractivity contribution >= 4 is 6.09 Å². The molecule has 1 amide bonds. The molecule has 0 radical (unpaired) electrons. The third kappa shape index (κ3) is 1.21. The smallest absolute Gasteiger partial charge is 0.410 e. The zero-order valence-electron chi connectivity index (χ0n) is 8.82. The highest BCUT2D eigenvalue weighted by molar-refractivity contribution is 5.68. The van der Waals surface area contributed by atoms with Crippen LogP contribution in [0.5, 0.6) is 0 Å². The molecule has 2 N–H and O–H groups in total. The molecule has 2 fully saturated rings. The standard InChI is InChI=1S/C10H18N2O2/c1-3-14-9(13)12-5-4-10(7(12)2)6-8(10)11/h7-8H,3-6,11H2,1-2H3. The minimum absolute atomic E-state index is 0.184. The highest BCUT2D eigenvalue weighted by Gasteiger charge is 2.61. The Morgan fingerprint density at radius 3 is 2.79 bits per heavy atom. The number of carbonyl (C=O) groups is 1. The Bertz CT molecular complexity index is 257. The molecule has 1 saturated carbocycles. The fourth-order valence-electron chi connectivity index (χ4n) is 2.62. The van der Waals surface area contributed by atoms with E-state index in [0.29, 0.717) is 6.61 Å². The number of likely N-dealkylation sites (tertiary alicyclic amines) is 1. The number of amides is 1. The van der Waals surface area contributed by atoms with E-state index in [2.05, 4.69) is 6.92 Å². The van der Waals surface area contributed by atoms with Gasteiger partial charge in [-0.05, 0) is 26.7 Å². The topological polar surface area (TPSA) is 55.6 Å². The fraction of sp³-hybridized carbons (Fsp3) is 0.900. The number of ether oxygens (including phenoxy) is 1. The number of nitrogens with two attached hydrogens (primary N) is 1. The summed E-state index contributed by atoms with van der Waals surface area (Å²) in [5.74, 6) is 0. The van der Waals surface area contributed by atoms with Gasteiger partial charge in [0.15, 0.2) is 0 Å². The molecule has 3 atom stereocenters. The zero-order chi connectivity index (χ0) is 10.3. The van der Waals surface area contributed by atoms with E-state index in [1.807, 2.05) is 11.8 Å². The molecule has 80 valence electrons. The van der Waals surface area contributed by atoms with Gasteiger partial charge < -0.3 is 15.4 Å². The van der Waals surface area contributed by atoms with Crippen LogP contribution in [-0.2, 0) is 4.74 Å². The molecule has 0 aromatic heterocycles. The van der Waals surface area contributed by atoms with Crippen LogP contribution in [-0.4, -0.2) is 36.2 Å². The van der Waals surface area contributed by atoms with Crippen molar-refractivity contribution < 1.29 is 9.53 Å². The Morgan fingerprint density at radius 1 is 1.71 bits per heavy atom. The molecule has 1 aliphatic carbocycles. The summed E-state index contributed by atoms with van der Waals surface area (Å²) in [5.41, 5.74) is 6.13. The quantitative estimate of drug-likeness (QED) is 0.682. The average molecular weight is 198 g/mol. The molecule has 2 rings (SSSR count). The van der Waals surface area contributed by atoms with E-state index in [4.69, 9.17) is 10.5 Å². The largest absolute Gasteiger partial charge is 0.450 e. The molecule has 0 bridgehead atoms. The fourth-order valence-corrected chi connectivity index (χ4v) is 2.62. The van der Waals surface area contributed by atoms with E-state index in [0.717, 1.165) is 19.4 Å². The molecule has 1 saturated heterocycles. The molecule has 1 heterocycles. The van der Waals surface area contributed by atoms with Crippen LogP contribution in [0.15, 0.2) is 0 Å². The van der Waals surface area contributed by atoms with Gasteiger partial charge in [0.2, 0.25) is 0 Å². The third-order valence-corrected chi connectivity index (χ3v) is 3.80. The van der Waals surface area contributed by atoms with E-state index in [-0.39, 0.29) is 23.6 Å². The van der Waals surface area contributed by atoms with Crippen LogP contribution < -0.4 is 5.73 Å². The van der Waals surface area contributed by atoms with Crippen molar-refractivity contribution in [3.05, 3.63) is 0 Å². The predicted molar refractivity (Wildman–Crippen MR) is 52.8 cm³/mol. The maximum atomic E-state index is 11.5. The maximum absolute atomic E-state index is 11.5. The van der Waals surface area contributed by atoms with Crippen molar-refractivity contribution in [3.63, 3.8) is 0 Å². The predicted octanol–water partition coefficient (Wildman–Crippen LogP) is 0.955. The molecule has 3 unspecified atom stereocenters. The molecule has 14 heavy (non-hydrogen) atoms. The summed E-state index contributed by atoms with van der Waals surface area (Å²) >= 11 is 0. The van der Waals surface area contributed by atoms with E-state index in [9.17, 15) is 4.79 Å². The highest BCUT2D eigenvalue weighted by Crippen LogP contribution is 2.55. The lowest BCUT2D eigenvalue weighted by molar-refractivity contribution is 0.100. The Hall–Kier alpha value is -0.770. The van der Waals surface area contributed by atoms with Crippen LogP contribution in [0.3, 0.4) is 0 Å². The lowest BCUT2D eigenvalue weighted by Gasteiger charge is -2.23. The van der Waals surface area contributed by atoms with E-state index in [1.54, 1.807) is 0 Å². The van der Waals surface area contributed by atoms with E-state index in [1.165, 1.54) is 0 Å². The molecule has 2 aliphatic rings. The zero-order valence-corrected chi connectivity index (χ0v) is 8.82. The van der Waals surface area contributed by atoms with Gasteiger partial charge in [-0.25, -0.2) is 4.79 Å². The van der Waals surface area contributed by atoms with Gasteiger partial charge in [0.1, 0.15) is 0 Å². The van der Waals surface area contributed by atoms with Gasteiger partial charge in [0.05, 0.1) is 6.61 Å². The van der Waals surface area contributed by atoms with Gasteiger partial charge in [0.25, 0.3) is 0 Å². The number of carbonyl (C=O) groups excluding carboxylic acids is 1. The number of rotatable bonds is 1. The molecular formula is C10H18N2O2. The van der Waals surface area contributed by atoms with Crippen molar-refractivity contribution in [2.75, 3.05) is 13.2 Å². The van der Waals surface area contributed by atoms with Crippen LogP contribution in [0, 0.1) is 5.41 Å². The van der Waals surface area contributed by atoms with Crippen LogP contribution >= 0.6 is 0 Å². The van der Waals surface area contributed by atoms with Crippen molar-refractivity contribution in [2.45, 2.75) is 38.8 Å². The molecule has 4 heteroatoms. The molecule has 4 nitrogen and oxygen atoms in total. The number of hydrogen-bond donors (Lipinski definition) is 1. The summed E-state index contributed by atoms with van der Waals surface area (Å²) in [6.45, 7) is 5.16. The second-order valence-electron chi connectivity index (χ2n) is 4.36. The molecular weight excluding hydrogens is 180 g/mol. The van der Waals surface area contributed by atoms with Crippen LogP contribution in [0.1, 0.15) is 26.7 Å². The van der Waals surface area contributed by atoms with Crippen LogP contribution in [0.2, 0.25) is 0 Å². The summed E-state index contributed by atoms with van der Waals surface area (Å²) in [7, 11) is 0. The number of hydrogen-bond acceptors (Lipinski definition) is 3. The summed E-state index contributed by atoms with van der Waals surface area (Å²) in [5, 5.41) is 0. The van der Waals surface area contributed by atoms with Crippen molar-refractivity contribution in [2.24, 2.45) is 11.1 Å². The first kappa shape index (κ1) is 9.77. The number of nitrogens with zero attached hydrogens (tertiary/aromatic N) is 1. The SMILES string of the molecule is CCOC(=O)N1CCC2(CC2N)C1C. The van der Waals surface area contributed by atoms with Gasteiger partial charge in [0, 0.05) is 24.0 Å². The maximum Gasteiger partial charge on any atom is 0.410 e. The summed E-state index contributed by atoms with van der Waals surface area (Å²) in [6, 6.07) is 0.536. The van der Waals surface area contributed by atoms with Crippen molar-refractivity contribution in [3.8, 4) is 0 Å². The lowest BCUT2D eigenvalue weighted by Crippen LogP contribution is -2.38. The van der Waals surface area contributed by atoms with Gasteiger partial charge in [-0.2, -0.15) is 0 Å². The Morgan fingerprint density at radius 2 is 2.36 bits per heavy atom. The van der Waals surface area contributed by atoms with Gasteiger partial charge >= 0.3 is 6.09 Å². The minimum Gasteiger partial charge on any atom is -0.450 e. The first-order chi connectivity index (χ1) is 6.62. The normalized spacial score (nSPS) is 40.4. The Balaban J connectivity index is 2.00. The van der Waals surface area contributed by atoms with Crippen LogP contribution in [0.4, 0.5) is 4.79 Å². The van der Waals surface area contributed by atoms with Crippen LogP contribution in [0.25, 0.3) is 0 Å². The lowest BCUT2D eigenvalue weighted by atomic mass is 9.98. The van der Waals surface area contributed by atoms with Gasteiger partial charge in [-0.15, -0.1) is 0 Å². The van der Waals surface area contributed by atoms with Gasteiger partial charge in [-0.3, -0.25) is 0 Å². The first-order valence-corrected chi connectivity index (χ1v) is 5.31. The first-order valence-electron chi connectivity index (χ1n) is 5.31. The van der Waals surface area contributed by atoms with E-state index < -0.39 is 0 Å². The Labute approximate surface area is 84.4 Å². The second-order valence-corrected chi connectivity index (χ2v) is 4.36. The van der Waals surface area contributed by atoms with Gasteiger partial charge in [-0.1, -0.05) is 0 Å².